The molecule has 6 heteroatoms. The average Bonchev–Trinajstić information content (AvgIpc) is 2.78. The molecule has 2 aliphatic heterocycles. The minimum absolute atomic E-state index is 0.545. The van der Waals surface area contributed by atoms with Crippen molar-refractivity contribution < 1.29 is 0 Å². The highest BCUT2D eigenvalue weighted by atomic mass is 15.3. The molecule has 0 bridgehead atoms. The van der Waals surface area contributed by atoms with Gasteiger partial charge in [-0.25, -0.2) is 0 Å². The lowest BCUT2D eigenvalue weighted by molar-refractivity contribution is 0.167. The highest BCUT2D eigenvalue weighted by Gasteiger charge is 2.21. The molecule has 2 saturated heterocycles. The van der Waals surface area contributed by atoms with E-state index in [9.17, 15) is 0 Å². The Balaban J connectivity index is 1.35. The van der Waals surface area contributed by atoms with Crippen LogP contribution in [-0.2, 0) is 0 Å². The van der Waals surface area contributed by atoms with Gasteiger partial charge in [0, 0.05) is 76.7 Å². The lowest BCUT2D eigenvalue weighted by atomic mass is 10.0. The standard InChI is InChI=1S/C24H42N6/c1-4-25-24(27-22-11-15-29(16-12-22)21(2)3)26-13-8-14-28-17-19-30(20-18-28)23-9-6-5-7-10-23/h5-7,9-10,21-22H,4,8,11-20H2,1-3H3,(H2,25,26,27). The fourth-order valence-corrected chi connectivity index (χ4v) is 4.43. The Morgan fingerprint density at radius 2 is 1.73 bits per heavy atom. The fraction of sp³-hybridized carbons (Fsp3) is 0.708. The Kier molecular flexibility index (Phi) is 9.27. The molecule has 1 aromatic rings. The first kappa shape index (κ1) is 22.9. The van der Waals surface area contributed by atoms with E-state index in [1.807, 2.05) is 0 Å². The minimum atomic E-state index is 0.545. The van der Waals surface area contributed by atoms with Gasteiger partial charge in [0.2, 0.25) is 0 Å². The maximum atomic E-state index is 4.85. The van der Waals surface area contributed by atoms with Crippen LogP contribution in [0.15, 0.2) is 35.3 Å². The number of nitrogens with one attached hydrogen (secondary N) is 2. The third-order valence-electron chi connectivity index (χ3n) is 6.34. The summed E-state index contributed by atoms with van der Waals surface area (Å²) in [5, 5.41) is 7.10. The summed E-state index contributed by atoms with van der Waals surface area (Å²) in [5.74, 6) is 0.995. The molecule has 2 N–H and O–H groups in total. The van der Waals surface area contributed by atoms with Crippen LogP contribution in [0.1, 0.15) is 40.0 Å². The predicted octanol–water partition coefficient (Wildman–Crippen LogP) is 2.63. The van der Waals surface area contributed by atoms with Crippen molar-refractivity contribution in [1.29, 1.82) is 0 Å². The molecule has 0 aliphatic carbocycles. The van der Waals surface area contributed by atoms with Crippen molar-refractivity contribution >= 4 is 11.6 Å². The Bertz CT molecular complexity index is 616. The molecular weight excluding hydrogens is 372 g/mol. The summed E-state index contributed by atoms with van der Waals surface area (Å²) < 4.78 is 0. The summed E-state index contributed by atoms with van der Waals surface area (Å²) in [6.45, 7) is 16.6. The van der Waals surface area contributed by atoms with Gasteiger partial charge < -0.3 is 20.4 Å². The van der Waals surface area contributed by atoms with Crippen LogP contribution in [0.25, 0.3) is 0 Å². The number of guanidine groups is 1. The highest BCUT2D eigenvalue weighted by molar-refractivity contribution is 5.80. The Morgan fingerprint density at radius 3 is 2.37 bits per heavy atom. The van der Waals surface area contributed by atoms with Crippen LogP contribution in [0.3, 0.4) is 0 Å². The molecule has 0 saturated carbocycles. The molecule has 0 aromatic heterocycles. The summed E-state index contributed by atoms with van der Waals surface area (Å²) in [6.07, 6.45) is 3.52. The van der Waals surface area contributed by atoms with Crippen LogP contribution in [-0.4, -0.2) is 86.7 Å². The lowest BCUT2D eigenvalue weighted by Gasteiger charge is -2.36. The van der Waals surface area contributed by atoms with Gasteiger partial charge in [-0.2, -0.15) is 0 Å². The number of hydrogen-bond acceptors (Lipinski definition) is 4. The zero-order valence-corrected chi connectivity index (χ0v) is 19.3. The number of benzene rings is 1. The molecule has 1 aromatic carbocycles. The van der Waals surface area contributed by atoms with Gasteiger partial charge in [0.1, 0.15) is 0 Å². The summed E-state index contributed by atoms with van der Waals surface area (Å²) in [7, 11) is 0. The minimum Gasteiger partial charge on any atom is -0.369 e. The van der Waals surface area contributed by atoms with Gasteiger partial charge in [0.05, 0.1) is 0 Å². The topological polar surface area (TPSA) is 46.1 Å². The summed E-state index contributed by atoms with van der Waals surface area (Å²) in [6, 6.07) is 12.0. The number of para-hydroxylation sites is 1. The van der Waals surface area contributed by atoms with Crippen LogP contribution in [0, 0.1) is 0 Å². The molecule has 168 valence electrons. The third-order valence-corrected chi connectivity index (χ3v) is 6.34. The van der Waals surface area contributed by atoms with E-state index in [0.717, 1.165) is 58.2 Å². The van der Waals surface area contributed by atoms with Gasteiger partial charge in [-0.1, -0.05) is 18.2 Å². The number of piperazine rings is 1. The molecule has 0 amide bonds. The van der Waals surface area contributed by atoms with Crippen molar-refractivity contribution in [1.82, 2.24) is 20.4 Å². The van der Waals surface area contributed by atoms with Gasteiger partial charge in [-0.3, -0.25) is 9.89 Å². The molecule has 0 unspecified atom stereocenters. The monoisotopic (exact) mass is 414 g/mol. The van der Waals surface area contributed by atoms with E-state index in [1.54, 1.807) is 0 Å². The molecule has 0 spiro atoms. The number of aliphatic imine (C=N–C) groups is 1. The van der Waals surface area contributed by atoms with Gasteiger partial charge >= 0.3 is 0 Å². The van der Waals surface area contributed by atoms with Crippen molar-refractivity contribution in [3.05, 3.63) is 30.3 Å². The molecular formula is C24H42N6. The molecule has 2 aliphatic rings. The van der Waals surface area contributed by atoms with Gasteiger partial charge in [-0.15, -0.1) is 0 Å². The van der Waals surface area contributed by atoms with Crippen LogP contribution in [0.2, 0.25) is 0 Å². The maximum absolute atomic E-state index is 4.85. The van der Waals surface area contributed by atoms with E-state index in [4.69, 9.17) is 4.99 Å². The molecule has 3 rings (SSSR count). The summed E-state index contributed by atoms with van der Waals surface area (Å²) >= 11 is 0. The summed E-state index contributed by atoms with van der Waals surface area (Å²) in [5.41, 5.74) is 1.35. The fourth-order valence-electron chi connectivity index (χ4n) is 4.43. The van der Waals surface area contributed by atoms with Crippen molar-refractivity contribution in [2.75, 3.05) is 63.8 Å². The number of anilines is 1. The number of nitrogens with zero attached hydrogens (tertiary/aromatic N) is 4. The molecule has 2 heterocycles. The van der Waals surface area contributed by atoms with E-state index >= 15 is 0 Å². The van der Waals surface area contributed by atoms with E-state index in [-0.39, 0.29) is 0 Å². The van der Waals surface area contributed by atoms with E-state index < -0.39 is 0 Å². The van der Waals surface area contributed by atoms with Gasteiger partial charge in [-0.05, 0) is 52.2 Å². The van der Waals surface area contributed by atoms with Gasteiger partial charge in [0.25, 0.3) is 0 Å². The van der Waals surface area contributed by atoms with Crippen molar-refractivity contribution in [2.45, 2.75) is 52.1 Å². The van der Waals surface area contributed by atoms with E-state index in [1.165, 1.54) is 31.6 Å². The van der Waals surface area contributed by atoms with Crippen molar-refractivity contribution in [2.24, 2.45) is 4.99 Å². The number of likely N-dealkylation sites (tertiary alicyclic amines) is 1. The van der Waals surface area contributed by atoms with Gasteiger partial charge in [0.15, 0.2) is 5.96 Å². The first-order valence-corrected chi connectivity index (χ1v) is 12.0. The largest absolute Gasteiger partial charge is 0.369 e. The molecule has 0 atom stereocenters. The highest BCUT2D eigenvalue weighted by Crippen LogP contribution is 2.15. The number of piperidine rings is 1. The smallest absolute Gasteiger partial charge is 0.191 e. The van der Waals surface area contributed by atoms with E-state index in [0.29, 0.717) is 12.1 Å². The van der Waals surface area contributed by atoms with Crippen molar-refractivity contribution in [3.63, 3.8) is 0 Å². The predicted molar refractivity (Wildman–Crippen MR) is 129 cm³/mol. The lowest BCUT2D eigenvalue weighted by Crippen LogP contribution is -2.50. The van der Waals surface area contributed by atoms with Crippen molar-refractivity contribution in [3.8, 4) is 0 Å². The quantitative estimate of drug-likeness (QED) is 0.389. The molecule has 0 radical (unpaired) electrons. The molecule has 2 fully saturated rings. The molecule has 30 heavy (non-hydrogen) atoms. The Labute approximate surface area is 183 Å². The van der Waals surface area contributed by atoms with Crippen LogP contribution in [0.4, 0.5) is 5.69 Å². The average molecular weight is 415 g/mol. The number of hydrogen-bond donors (Lipinski definition) is 2. The van der Waals surface area contributed by atoms with Crippen LogP contribution < -0.4 is 15.5 Å². The van der Waals surface area contributed by atoms with Crippen LogP contribution >= 0.6 is 0 Å². The normalized spacial score (nSPS) is 20.0. The first-order valence-electron chi connectivity index (χ1n) is 12.0. The maximum Gasteiger partial charge on any atom is 0.191 e. The number of rotatable bonds is 8. The SMILES string of the molecule is CCNC(=NCCCN1CCN(c2ccccc2)CC1)NC1CCN(C(C)C)CC1. The van der Waals surface area contributed by atoms with E-state index in [2.05, 4.69) is 76.4 Å². The zero-order chi connectivity index (χ0) is 21.2. The Hall–Kier alpha value is -1.79. The Morgan fingerprint density at radius 1 is 1.03 bits per heavy atom. The van der Waals surface area contributed by atoms with Crippen LogP contribution in [0.5, 0.6) is 0 Å². The second kappa shape index (κ2) is 12.2. The zero-order valence-electron chi connectivity index (χ0n) is 19.3. The third kappa shape index (κ3) is 7.17. The molecule has 6 nitrogen and oxygen atoms in total. The summed E-state index contributed by atoms with van der Waals surface area (Å²) in [4.78, 5) is 12.5. The first-order chi connectivity index (χ1) is 14.7. The second-order valence-corrected chi connectivity index (χ2v) is 8.83. The second-order valence-electron chi connectivity index (χ2n) is 8.83.